The van der Waals surface area contributed by atoms with Gasteiger partial charge in [0.1, 0.15) is 0 Å². The normalized spacial score (nSPS) is 13.5. The molecular weight excluding hydrogens is 248 g/mol. The Balaban J connectivity index is 2.64. The molecule has 0 fully saturated rings. The summed E-state index contributed by atoms with van der Waals surface area (Å²) in [5.74, 6) is 0. The largest absolute Gasteiger partial charge is 0.389 e. The van der Waals surface area contributed by atoms with Crippen molar-refractivity contribution in [2.75, 3.05) is 0 Å². The Hall–Kier alpha value is -2.15. The number of aliphatic hydroxyl groups is 1. The highest BCUT2D eigenvalue weighted by molar-refractivity contribution is 5.69. The second kappa shape index (κ2) is 4.85. The molecule has 0 saturated carbocycles. The van der Waals surface area contributed by atoms with E-state index >= 15 is 0 Å². The van der Waals surface area contributed by atoms with E-state index in [-0.39, 0.29) is 12.1 Å². The van der Waals surface area contributed by atoms with Crippen molar-refractivity contribution in [1.82, 2.24) is 18.7 Å². The second-order valence-electron chi connectivity index (χ2n) is 4.45. The van der Waals surface area contributed by atoms with Crippen molar-refractivity contribution in [3.05, 3.63) is 39.3 Å². The quantitative estimate of drug-likeness (QED) is 0.748. The van der Waals surface area contributed by atoms with Gasteiger partial charge in [-0.15, -0.1) is 0 Å². The Morgan fingerprint density at radius 2 is 2.11 bits per heavy atom. The summed E-state index contributed by atoms with van der Waals surface area (Å²) in [6.07, 6.45) is 4.01. The molecule has 0 radical (unpaired) electrons. The molecule has 0 aliphatic carbocycles. The highest BCUT2D eigenvalue weighted by Gasteiger charge is 2.13. The molecule has 0 spiro atoms. The fourth-order valence-corrected chi connectivity index (χ4v) is 1.92. The third-order valence-corrected chi connectivity index (χ3v) is 2.90. The van der Waals surface area contributed by atoms with Gasteiger partial charge in [0, 0.05) is 20.6 Å². The molecule has 0 saturated heterocycles. The maximum atomic E-state index is 12.3. The van der Waals surface area contributed by atoms with Crippen molar-refractivity contribution in [3.63, 3.8) is 0 Å². The lowest BCUT2D eigenvalue weighted by atomic mass is 10.3. The molecule has 0 aliphatic rings. The summed E-state index contributed by atoms with van der Waals surface area (Å²) in [6, 6.07) is 0. The summed E-state index contributed by atoms with van der Waals surface area (Å²) in [4.78, 5) is 28.4. The highest BCUT2D eigenvalue weighted by atomic mass is 16.3. The smallest absolute Gasteiger partial charge is 0.332 e. The van der Waals surface area contributed by atoms with Gasteiger partial charge in [0.25, 0.3) is 5.56 Å². The Bertz CT molecular complexity index is 749. The number of hydrogen-bond acceptors (Lipinski definition) is 4. The number of hydrogen-bond donors (Lipinski definition) is 1. The lowest BCUT2D eigenvalue weighted by Crippen LogP contribution is -2.39. The zero-order valence-corrected chi connectivity index (χ0v) is 11.1. The molecule has 1 atom stereocenters. The van der Waals surface area contributed by atoms with Gasteiger partial charge in [-0.05, 0) is 6.92 Å². The van der Waals surface area contributed by atoms with Crippen LogP contribution in [-0.4, -0.2) is 29.9 Å². The number of aromatic nitrogens is 4. The molecule has 2 aromatic rings. The maximum absolute atomic E-state index is 12.3. The van der Waals surface area contributed by atoms with E-state index in [2.05, 4.69) is 4.98 Å². The summed E-state index contributed by atoms with van der Waals surface area (Å²) in [7, 11) is 3.28. The van der Waals surface area contributed by atoms with E-state index in [1.165, 1.54) is 17.0 Å². The third kappa shape index (κ3) is 2.24. The van der Waals surface area contributed by atoms with Gasteiger partial charge in [0.15, 0.2) is 11.2 Å². The van der Waals surface area contributed by atoms with Gasteiger partial charge in [-0.1, -0.05) is 12.2 Å². The van der Waals surface area contributed by atoms with Crippen LogP contribution in [0.4, 0.5) is 0 Å². The minimum Gasteiger partial charge on any atom is -0.389 e. The van der Waals surface area contributed by atoms with E-state index in [1.54, 1.807) is 31.7 Å². The summed E-state index contributed by atoms with van der Waals surface area (Å²) in [6.45, 7) is 1.72. The number of fused-ring (bicyclic) bond motifs is 1. The van der Waals surface area contributed by atoms with Crippen molar-refractivity contribution in [3.8, 4) is 0 Å². The zero-order valence-electron chi connectivity index (χ0n) is 11.1. The first-order chi connectivity index (χ1) is 8.93. The van der Waals surface area contributed by atoms with Gasteiger partial charge < -0.3 is 9.67 Å². The zero-order chi connectivity index (χ0) is 14.2. The van der Waals surface area contributed by atoms with Crippen molar-refractivity contribution in [1.29, 1.82) is 0 Å². The van der Waals surface area contributed by atoms with Gasteiger partial charge in [0.2, 0.25) is 0 Å². The molecule has 0 aliphatic heterocycles. The Kier molecular flexibility index (Phi) is 3.39. The van der Waals surface area contributed by atoms with Crippen LogP contribution in [0.15, 0.2) is 28.1 Å². The lowest BCUT2D eigenvalue weighted by molar-refractivity contribution is 0.243. The molecule has 2 rings (SSSR count). The van der Waals surface area contributed by atoms with Crippen molar-refractivity contribution in [2.45, 2.75) is 19.6 Å². The summed E-state index contributed by atoms with van der Waals surface area (Å²) in [5, 5.41) is 9.13. The van der Waals surface area contributed by atoms with Gasteiger partial charge in [-0.3, -0.25) is 13.9 Å². The molecule has 7 heteroatoms. The van der Waals surface area contributed by atoms with Crippen LogP contribution in [-0.2, 0) is 20.6 Å². The molecule has 7 nitrogen and oxygen atoms in total. The van der Waals surface area contributed by atoms with Crippen molar-refractivity contribution in [2.24, 2.45) is 14.1 Å². The number of nitrogens with zero attached hydrogens (tertiary/aromatic N) is 4. The van der Waals surface area contributed by atoms with Crippen LogP contribution >= 0.6 is 0 Å². The highest BCUT2D eigenvalue weighted by Crippen LogP contribution is 2.02. The molecule has 2 heterocycles. The predicted molar refractivity (Wildman–Crippen MR) is 71.0 cm³/mol. The molecule has 0 amide bonds. The van der Waals surface area contributed by atoms with E-state index in [0.29, 0.717) is 11.2 Å². The predicted octanol–water partition coefficient (Wildman–Crippen LogP) is -0.629. The topological polar surface area (TPSA) is 82.1 Å². The molecule has 2 aromatic heterocycles. The minimum atomic E-state index is -0.611. The summed E-state index contributed by atoms with van der Waals surface area (Å²) >= 11 is 0. The molecule has 102 valence electrons. The molecule has 0 bridgehead atoms. The standard InChI is InChI=1S/C12H16N4O3/c1-8(17)5-4-6-16-11(18)9-10(13-7-14(9)2)15(3)12(16)19/h4-5,7-8,17H,6H2,1-3H3/b5-4-/t8-/m1/s1. The van der Waals surface area contributed by atoms with Crippen LogP contribution in [0, 0.1) is 0 Å². The Morgan fingerprint density at radius 3 is 2.74 bits per heavy atom. The average Bonchev–Trinajstić information content (AvgIpc) is 2.73. The van der Waals surface area contributed by atoms with E-state index in [0.717, 1.165) is 4.57 Å². The molecule has 0 unspecified atom stereocenters. The average molecular weight is 264 g/mol. The van der Waals surface area contributed by atoms with Gasteiger partial charge in [-0.25, -0.2) is 9.78 Å². The van der Waals surface area contributed by atoms with Crippen LogP contribution in [0.5, 0.6) is 0 Å². The van der Waals surface area contributed by atoms with E-state index < -0.39 is 11.8 Å². The fraction of sp³-hybridized carbons (Fsp3) is 0.417. The molecule has 0 aromatic carbocycles. The molecule has 19 heavy (non-hydrogen) atoms. The van der Waals surface area contributed by atoms with E-state index in [9.17, 15) is 9.59 Å². The number of aliphatic hydroxyl groups excluding tert-OH is 1. The van der Waals surface area contributed by atoms with Gasteiger partial charge >= 0.3 is 5.69 Å². The first kappa shape index (κ1) is 13.3. The van der Waals surface area contributed by atoms with Gasteiger partial charge in [-0.2, -0.15) is 0 Å². The van der Waals surface area contributed by atoms with E-state index in [1.807, 2.05) is 0 Å². The number of allylic oxidation sites excluding steroid dienone is 1. The molecule has 1 N–H and O–H groups in total. The fourth-order valence-electron chi connectivity index (χ4n) is 1.92. The van der Waals surface area contributed by atoms with Crippen molar-refractivity contribution >= 4 is 11.2 Å². The number of imidazole rings is 1. The molecular formula is C12H16N4O3. The van der Waals surface area contributed by atoms with Crippen LogP contribution in [0.25, 0.3) is 11.2 Å². The van der Waals surface area contributed by atoms with Crippen LogP contribution in [0.2, 0.25) is 0 Å². The lowest BCUT2D eigenvalue weighted by Gasteiger charge is -2.06. The SMILES string of the molecule is C[C@@H](O)/C=C\Cn1c(=O)c2c(ncn2C)n(C)c1=O. The maximum Gasteiger partial charge on any atom is 0.332 e. The first-order valence-electron chi connectivity index (χ1n) is 5.89. The second-order valence-corrected chi connectivity index (χ2v) is 4.45. The summed E-state index contributed by atoms with van der Waals surface area (Å²) < 4.78 is 4.04. The monoisotopic (exact) mass is 264 g/mol. The van der Waals surface area contributed by atoms with Crippen LogP contribution in [0.1, 0.15) is 6.92 Å². The minimum absolute atomic E-state index is 0.123. The summed E-state index contributed by atoms with van der Waals surface area (Å²) in [5.41, 5.74) is -0.0550. The number of rotatable bonds is 3. The Labute approximate surface area is 109 Å². The van der Waals surface area contributed by atoms with E-state index in [4.69, 9.17) is 5.11 Å². The van der Waals surface area contributed by atoms with Crippen LogP contribution < -0.4 is 11.2 Å². The third-order valence-electron chi connectivity index (χ3n) is 2.90. The Morgan fingerprint density at radius 1 is 1.42 bits per heavy atom. The number of aryl methyl sites for hydroxylation is 2. The van der Waals surface area contributed by atoms with Gasteiger partial charge in [0.05, 0.1) is 12.4 Å². The van der Waals surface area contributed by atoms with Crippen LogP contribution in [0.3, 0.4) is 0 Å². The first-order valence-corrected chi connectivity index (χ1v) is 5.89. The van der Waals surface area contributed by atoms with Crippen molar-refractivity contribution < 1.29 is 5.11 Å².